The molecule has 1 aliphatic heterocycles. The minimum atomic E-state index is -0.749. The van der Waals surface area contributed by atoms with E-state index < -0.39 is 10.8 Å². The van der Waals surface area contributed by atoms with E-state index in [1.165, 1.54) is 11.8 Å². The van der Waals surface area contributed by atoms with Crippen molar-refractivity contribution in [1.29, 1.82) is 0 Å². The Bertz CT molecular complexity index is 210. The predicted molar refractivity (Wildman–Crippen MR) is 57.6 cm³/mol. The Hall–Kier alpha value is 0.0700. The largest absolute Gasteiger partial charge is 0.479 e. The molecule has 1 heterocycles. The molecule has 1 rings (SSSR count). The number of carbonyl (C=O) groups is 1. The SMILES string of the molecule is CC[C@]1(C(=O)O)NCC(C)(C)S1.Cl. The summed E-state index contributed by atoms with van der Waals surface area (Å²) in [7, 11) is 0. The lowest BCUT2D eigenvalue weighted by atomic mass is 10.2. The summed E-state index contributed by atoms with van der Waals surface area (Å²) >= 11 is 1.51. The summed E-state index contributed by atoms with van der Waals surface area (Å²) in [6.07, 6.45) is 0.621. The number of carboxylic acid groups (broad SMARTS) is 1. The van der Waals surface area contributed by atoms with Crippen molar-refractivity contribution in [2.75, 3.05) is 6.54 Å². The summed E-state index contributed by atoms with van der Waals surface area (Å²) in [6, 6.07) is 0. The maximum Gasteiger partial charge on any atom is 0.334 e. The normalized spacial score (nSPS) is 31.0. The van der Waals surface area contributed by atoms with Crippen LogP contribution in [0.25, 0.3) is 0 Å². The van der Waals surface area contributed by atoms with Gasteiger partial charge in [-0.3, -0.25) is 5.32 Å². The summed E-state index contributed by atoms with van der Waals surface area (Å²) in [4.78, 5) is 10.2. The highest BCUT2D eigenvalue weighted by atomic mass is 35.5. The van der Waals surface area contributed by atoms with Crippen molar-refractivity contribution in [3.63, 3.8) is 0 Å². The molecule has 1 aliphatic rings. The Balaban J connectivity index is 0.00000144. The molecule has 0 saturated carbocycles. The van der Waals surface area contributed by atoms with E-state index >= 15 is 0 Å². The Morgan fingerprint density at radius 2 is 2.15 bits per heavy atom. The molecule has 0 aromatic heterocycles. The quantitative estimate of drug-likeness (QED) is 0.752. The molecule has 0 unspecified atom stereocenters. The number of halogens is 1. The molecule has 0 radical (unpaired) electrons. The third-order valence-corrected chi connectivity index (χ3v) is 3.75. The van der Waals surface area contributed by atoms with Gasteiger partial charge in [-0.1, -0.05) is 6.92 Å². The molecule has 78 valence electrons. The number of rotatable bonds is 2. The number of thioether (sulfide) groups is 1. The Morgan fingerprint density at radius 1 is 1.62 bits per heavy atom. The van der Waals surface area contributed by atoms with Crippen molar-refractivity contribution < 1.29 is 9.90 Å². The van der Waals surface area contributed by atoms with Crippen LogP contribution in [0.3, 0.4) is 0 Å². The lowest BCUT2D eigenvalue weighted by Gasteiger charge is -2.23. The van der Waals surface area contributed by atoms with Crippen molar-refractivity contribution in [3.8, 4) is 0 Å². The van der Waals surface area contributed by atoms with Crippen molar-refractivity contribution in [1.82, 2.24) is 5.32 Å². The van der Waals surface area contributed by atoms with Gasteiger partial charge in [-0.05, 0) is 20.3 Å². The second kappa shape index (κ2) is 4.07. The molecule has 3 nitrogen and oxygen atoms in total. The van der Waals surface area contributed by atoms with Crippen LogP contribution in [0.4, 0.5) is 0 Å². The monoisotopic (exact) mass is 225 g/mol. The predicted octanol–water partition coefficient (Wildman–Crippen LogP) is 1.71. The molecular weight excluding hydrogens is 210 g/mol. The highest BCUT2D eigenvalue weighted by molar-refractivity contribution is 8.02. The van der Waals surface area contributed by atoms with Crippen molar-refractivity contribution in [2.45, 2.75) is 36.8 Å². The second-order valence-corrected chi connectivity index (χ2v) is 5.71. The summed E-state index contributed by atoms with van der Waals surface area (Å²) in [6.45, 7) is 6.78. The van der Waals surface area contributed by atoms with Gasteiger partial charge in [0.2, 0.25) is 0 Å². The molecule has 0 bridgehead atoms. The molecule has 5 heteroatoms. The first kappa shape index (κ1) is 13.1. The Morgan fingerprint density at radius 3 is 2.31 bits per heavy atom. The number of hydrogen-bond acceptors (Lipinski definition) is 3. The summed E-state index contributed by atoms with van der Waals surface area (Å²) < 4.78 is 0.0361. The van der Waals surface area contributed by atoms with Crippen LogP contribution in [0.15, 0.2) is 0 Å². The zero-order valence-electron chi connectivity index (χ0n) is 8.09. The highest BCUT2D eigenvalue weighted by Gasteiger charge is 2.48. The molecule has 0 spiro atoms. The van der Waals surface area contributed by atoms with Crippen molar-refractivity contribution in [3.05, 3.63) is 0 Å². The zero-order chi connectivity index (χ0) is 9.41. The third kappa shape index (κ3) is 2.51. The molecule has 0 aromatic rings. The van der Waals surface area contributed by atoms with E-state index in [4.69, 9.17) is 5.11 Å². The van der Waals surface area contributed by atoms with Crippen molar-refractivity contribution in [2.24, 2.45) is 0 Å². The van der Waals surface area contributed by atoms with Gasteiger partial charge < -0.3 is 5.11 Å². The van der Waals surface area contributed by atoms with Crippen LogP contribution in [-0.2, 0) is 4.79 Å². The third-order valence-electron chi connectivity index (χ3n) is 2.09. The number of aliphatic carboxylic acids is 1. The average Bonchev–Trinajstić information content (AvgIpc) is 2.27. The number of carboxylic acids is 1. The van der Waals surface area contributed by atoms with Crippen LogP contribution < -0.4 is 5.32 Å². The average molecular weight is 226 g/mol. The lowest BCUT2D eigenvalue weighted by Crippen LogP contribution is -2.44. The smallest absolute Gasteiger partial charge is 0.334 e. The lowest BCUT2D eigenvalue weighted by molar-refractivity contribution is -0.140. The molecule has 1 atom stereocenters. The van der Waals surface area contributed by atoms with Crippen LogP contribution in [-0.4, -0.2) is 27.2 Å². The maximum atomic E-state index is 11.0. The standard InChI is InChI=1S/C8H15NO2S.ClH/c1-4-8(6(10)11)9-5-7(2,3)12-8;/h9H,4-5H2,1-3H3,(H,10,11);1H/t8-;/m0./s1. The van der Waals surface area contributed by atoms with E-state index in [0.29, 0.717) is 6.42 Å². The fourth-order valence-electron chi connectivity index (χ4n) is 1.37. The maximum absolute atomic E-state index is 11.0. The van der Waals surface area contributed by atoms with Gasteiger partial charge in [0.05, 0.1) is 0 Å². The van der Waals surface area contributed by atoms with Gasteiger partial charge in [-0.25, -0.2) is 4.79 Å². The fraction of sp³-hybridized carbons (Fsp3) is 0.875. The zero-order valence-corrected chi connectivity index (χ0v) is 9.72. The van der Waals surface area contributed by atoms with E-state index in [0.717, 1.165) is 6.54 Å². The second-order valence-electron chi connectivity index (χ2n) is 3.70. The van der Waals surface area contributed by atoms with E-state index in [-0.39, 0.29) is 17.2 Å². The number of nitrogens with one attached hydrogen (secondary N) is 1. The minimum Gasteiger partial charge on any atom is -0.479 e. The van der Waals surface area contributed by atoms with Gasteiger partial charge in [0.1, 0.15) is 0 Å². The van der Waals surface area contributed by atoms with Crippen LogP contribution in [0, 0.1) is 0 Å². The topological polar surface area (TPSA) is 49.3 Å². The van der Waals surface area contributed by atoms with Gasteiger partial charge in [0.25, 0.3) is 0 Å². The minimum absolute atomic E-state index is 0. The van der Waals surface area contributed by atoms with Crippen LogP contribution in [0.5, 0.6) is 0 Å². The van der Waals surface area contributed by atoms with Gasteiger partial charge in [0.15, 0.2) is 4.87 Å². The molecule has 0 amide bonds. The first-order valence-corrected chi connectivity index (χ1v) is 4.92. The molecule has 1 saturated heterocycles. The molecule has 2 N–H and O–H groups in total. The summed E-state index contributed by atoms with van der Waals surface area (Å²) in [5, 5.41) is 12.1. The molecule has 13 heavy (non-hydrogen) atoms. The van der Waals surface area contributed by atoms with Crippen molar-refractivity contribution >= 4 is 30.1 Å². The summed E-state index contributed by atoms with van der Waals surface area (Å²) in [5.41, 5.74) is 0. The van der Waals surface area contributed by atoms with Gasteiger partial charge in [-0.2, -0.15) is 0 Å². The number of hydrogen-bond donors (Lipinski definition) is 2. The fourth-order valence-corrected chi connectivity index (χ4v) is 2.83. The van der Waals surface area contributed by atoms with E-state index in [2.05, 4.69) is 19.2 Å². The van der Waals surface area contributed by atoms with Crippen LogP contribution in [0.1, 0.15) is 27.2 Å². The van der Waals surface area contributed by atoms with E-state index in [9.17, 15) is 4.79 Å². The van der Waals surface area contributed by atoms with Gasteiger partial charge in [-0.15, -0.1) is 24.2 Å². The van der Waals surface area contributed by atoms with Crippen LogP contribution in [0.2, 0.25) is 0 Å². The first-order chi connectivity index (χ1) is 5.42. The molecular formula is C8H16ClNO2S. The Labute approximate surface area is 89.1 Å². The first-order valence-electron chi connectivity index (χ1n) is 4.10. The highest BCUT2D eigenvalue weighted by Crippen LogP contribution is 2.42. The van der Waals surface area contributed by atoms with Crippen LogP contribution >= 0.6 is 24.2 Å². The van der Waals surface area contributed by atoms with Gasteiger partial charge >= 0.3 is 5.97 Å². The van der Waals surface area contributed by atoms with E-state index in [1.54, 1.807) is 0 Å². The molecule has 1 fully saturated rings. The Kier molecular flexibility index (Phi) is 4.09. The van der Waals surface area contributed by atoms with E-state index in [1.807, 2.05) is 6.92 Å². The summed E-state index contributed by atoms with van der Waals surface area (Å²) in [5.74, 6) is -0.749. The molecule has 0 aliphatic carbocycles. The molecule has 0 aromatic carbocycles. The van der Waals surface area contributed by atoms with Gasteiger partial charge in [0, 0.05) is 11.3 Å².